The lowest BCUT2D eigenvalue weighted by Crippen LogP contribution is -2.23. The lowest BCUT2D eigenvalue weighted by Gasteiger charge is -2.12. The molecule has 0 saturated carbocycles. The van der Waals surface area contributed by atoms with Crippen LogP contribution in [0.1, 0.15) is 33.2 Å². The molecule has 0 aliphatic carbocycles. The third-order valence-corrected chi connectivity index (χ3v) is 3.73. The molecule has 0 fully saturated rings. The van der Waals surface area contributed by atoms with E-state index >= 15 is 0 Å². The molecule has 8 heteroatoms. The number of hydrogen-bond acceptors (Lipinski definition) is 5. The molecule has 0 heterocycles. The lowest BCUT2D eigenvalue weighted by atomic mass is 10.1. The molecule has 28 heavy (non-hydrogen) atoms. The molecule has 0 bridgehead atoms. The van der Waals surface area contributed by atoms with Crippen molar-refractivity contribution in [3.05, 3.63) is 59.2 Å². The average Bonchev–Trinajstić information content (AvgIpc) is 2.70. The Balaban J connectivity index is 2.08. The monoisotopic (exact) mass is 386 g/mol. The van der Waals surface area contributed by atoms with E-state index < -0.39 is 12.6 Å². The Morgan fingerprint density at radius 1 is 0.964 bits per heavy atom. The number of carboxylic acid groups (broad SMARTS) is 1. The minimum Gasteiger partial charge on any atom is -0.490 e. The van der Waals surface area contributed by atoms with Crippen molar-refractivity contribution >= 4 is 17.8 Å². The fourth-order valence-corrected chi connectivity index (χ4v) is 2.43. The van der Waals surface area contributed by atoms with Crippen LogP contribution in [0.25, 0.3) is 0 Å². The average molecular weight is 386 g/mol. The van der Waals surface area contributed by atoms with Gasteiger partial charge in [-0.3, -0.25) is 9.59 Å². The summed E-state index contributed by atoms with van der Waals surface area (Å²) in [5.41, 5.74) is 1.63. The normalized spacial score (nSPS) is 10.1. The molecule has 0 aliphatic heterocycles. The van der Waals surface area contributed by atoms with E-state index in [1.165, 1.54) is 18.2 Å². The standard InChI is InChI=1S/C20H22N2O6/c1-3-27-17-10-15(7-8-16(17)28-12-18(23)24)20(26)22-11-13-5-4-6-14(9-13)19(25)21-2/h4-10H,3,11-12H2,1-2H3,(H,21,25)(H,22,26)(H,23,24). The summed E-state index contributed by atoms with van der Waals surface area (Å²) >= 11 is 0. The van der Waals surface area contributed by atoms with Crippen LogP contribution < -0.4 is 20.1 Å². The second-order valence-electron chi connectivity index (χ2n) is 5.74. The molecule has 0 unspecified atom stereocenters. The van der Waals surface area contributed by atoms with Crippen molar-refractivity contribution < 1.29 is 29.0 Å². The van der Waals surface area contributed by atoms with Crippen LogP contribution in [-0.4, -0.2) is 43.2 Å². The van der Waals surface area contributed by atoms with Crippen LogP contribution in [0.3, 0.4) is 0 Å². The molecule has 0 spiro atoms. The van der Waals surface area contributed by atoms with E-state index in [9.17, 15) is 14.4 Å². The van der Waals surface area contributed by atoms with Gasteiger partial charge in [0, 0.05) is 24.7 Å². The van der Waals surface area contributed by atoms with Gasteiger partial charge in [-0.1, -0.05) is 12.1 Å². The van der Waals surface area contributed by atoms with Crippen molar-refractivity contribution in [1.29, 1.82) is 0 Å². The molecule has 0 radical (unpaired) electrons. The Hall–Kier alpha value is -3.55. The molecule has 2 rings (SSSR count). The third-order valence-electron chi connectivity index (χ3n) is 3.73. The summed E-state index contributed by atoms with van der Waals surface area (Å²) in [4.78, 5) is 34.8. The van der Waals surface area contributed by atoms with Crippen LogP contribution in [0, 0.1) is 0 Å². The summed E-state index contributed by atoms with van der Waals surface area (Å²) in [6.45, 7) is 1.84. The second-order valence-corrected chi connectivity index (χ2v) is 5.74. The predicted molar refractivity (Wildman–Crippen MR) is 102 cm³/mol. The first kappa shape index (κ1) is 20.8. The van der Waals surface area contributed by atoms with Crippen molar-refractivity contribution in [2.24, 2.45) is 0 Å². The molecule has 2 aromatic carbocycles. The van der Waals surface area contributed by atoms with E-state index in [4.69, 9.17) is 14.6 Å². The lowest BCUT2D eigenvalue weighted by molar-refractivity contribution is -0.139. The van der Waals surface area contributed by atoms with Gasteiger partial charge in [0.15, 0.2) is 18.1 Å². The van der Waals surface area contributed by atoms with Gasteiger partial charge in [-0.25, -0.2) is 4.79 Å². The van der Waals surface area contributed by atoms with E-state index in [0.29, 0.717) is 17.7 Å². The van der Waals surface area contributed by atoms with Crippen LogP contribution in [0.4, 0.5) is 0 Å². The van der Waals surface area contributed by atoms with Crippen LogP contribution in [-0.2, 0) is 11.3 Å². The van der Waals surface area contributed by atoms with Gasteiger partial charge in [0.25, 0.3) is 11.8 Å². The van der Waals surface area contributed by atoms with Gasteiger partial charge in [0.05, 0.1) is 6.61 Å². The zero-order valence-corrected chi connectivity index (χ0v) is 15.7. The van der Waals surface area contributed by atoms with Gasteiger partial charge < -0.3 is 25.2 Å². The molecule has 0 atom stereocenters. The molecule has 0 aliphatic rings. The zero-order valence-electron chi connectivity index (χ0n) is 15.7. The summed E-state index contributed by atoms with van der Waals surface area (Å²) < 4.78 is 10.6. The number of amides is 2. The number of hydrogen-bond donors (Lipinski definition) is 3. The maximum Gasteiger partial charge on any atom is 0.341 e. The van der Waals surface area contributed by atoms with Crippen LogP contribution >= 0.6 is 0 Å². The molecule has 0 saturated heterocycles. The van der Waals surface area contributed by atoms with E-state index in [1.807, 2.05) is 0 Å². The van der Waals surface area contributed by atoms with Crippen LogP contribution in [0.15, 0.2) is 42.5 Å². The van der Waals surface area contributed by atoms with Crippen molar-refractivity contribution in [1.82, 2.24) is 10.6 Å². The number of carboxylic acids is 1. The molecular formula is C20H22N2O6. The summed E-state index contributed by atoms with van der Waals surface area (Å²) in [6, 6.07) is 11.5. The number of aliphatic carboxylic acids is 1. The number of nitrogens with one attached hydrogen (secondary N) is 2. The van der Waals surface area contributed by atoms with Crippen LogP contribution in [0.2, 0.25) is 0 Å². The van der Waals surface area contributed by atoms with E-state index in [1.54, 1.807) is 38.2 Å². The zero-order chi connectivity index (χ0) is 20.5. The maximum absolute atomic E-state index is 12.4. The Labute approximate surface area is 162 Å². The van der Waals surface area contributed by atoms with Crippen LogP contribution in [0.5, 0.6) is 11.5 Å². The minimum atomic E-state index is -1.11. The van der Waals surface area contributed by atoms with Crippen molar-refractivity contribution in [2.45, 2.75) is 13.5 Å². The molecule has 2 aromatic rings. The quantitative estimate of drug-likeness (QED) is 0.606. The Kier molecular flexibility index (Phi) is 7.38. The summed E-state index contributed by atoms with van der Waals surface area (Å²) in [7, 11) is 1.55. The molecule has 8 nitrogen and oxygen atoms in total. The number of ether oxygens (including phenoxy) is 2. The Bertz CT molecular complexity index is 866. The van der Waals surface area contributed by atoms with E-state index in [-0.39, 0.29) is 29.9 Å². The van der Waals surface area contributed by atoms with Crippen molar-refractivity contribution in [2.75, 3.05) is 20.3 Å². The third kappa shape index (κ3) is 5.73. The summed E-state index contributed by atoms with van der Waals surface area (Å²) in [5.74, 6) is -1.11. The van der Waals surface area contributed by atoms with Gasteiger partial charge in [0.1, 0.15) is 0 Å². The topological polar surface area (TPSA) is 114 Å². The maximum atomic E-state index is 12.4. The number of rotatable bonds is 9. The first-order valence-corrected chi connectivity index (χ1v) is 8.65. The van der Waals surface area contributed by atoms with Gasteiger partial charge in [-0.2, -0.15) is 0 Å². The largest absolute Gasteiger partial charge is 0.490 e. The Morgan fingerprint density at radius 3 is 2.39 bits per heavy atom. The molecule has 148 valence electrons. The number of carbonyl (C=O) groups excluding carboxylic acids is 2. The number of benzene rings is 2. The predicted octanol–water partition coefficient (Wildman–Crippen LogP) is 1.84. The van der Waals surface area contributed by atoms with Gasteiger partial charge in [-0.15, -0.1) is 0 Å². The van der Waals surface area contributed by atoms with Crippen molar-refractivity contribution in [3.63, 3.8) is 0 Å². The molecule has 0 aromatic heterocycles. The smallest absolute Gasteiger partial charge is 0.341 e. The fourth-order valence-electron chi connectivity index (χ4n) is 2.43. The van der Waals surface area contributed by atoms with Crippen molar-refractivity contribution in [3.8, 4) is 11.5 Å². The first-order valence-electron chi connectivity index (χ1n) is 8.65. The molecular weight excluding hydrogens is 364 g/mol. The Morgan fingerprint density at radius 2 is 1.71 bits per heavy atom. The highest BCUT2D eigenvalue weighted by molar-refractivity contribution is 5.95. The first-order chi connectivity index (χ1) is 13.4. The SMILES string of the molecule is CCOc1cc(C(=O)NCc2cccc(C(=O)NC)c2)ccc1OCC(=O)O. The highest BCUT2D eigenvalue weighted by Gasteiger charge is 2.13. The summed E-state index contributed by atoms with van der Waals surface area (Å²) in [5, 5.41) is 14.1. The van der Waals surface area contributed by atoms with Gasteiger partial charge in [-0.05, 0) is 42.8 Å². The molecule has 3 N–H and O–H groups in total. The van der Waals surface area contributed by atoms with E-state index in [2.05, 4.69) is 10.6 Å². The van der Waals surface area contributed by atoms with Gasteiger partial charge in [0.2, 0.25) is 0 Å². The fraction of sp³-hybridized carbons (Fsp3) is 0.250. The second kappa shape index (κ2) is 9.96. The highest BCUT2D eigenvalue weighted by atomic mass is 16.5. The number of carbonyl (C=O) groups is 3. The summed E-state index contributed by atoms with van der Waals surface area (Å²) in [6.07, 6.45) is 0. The van der Waals surface area contributed by atoms with Gasteiger partial charge >= 0.3 is 5.97 Å². The molecule has 2 amide bonds. The highest BCUT2D eigenvalue weighted by Crippen LogP contribution is 2.28. The minimum absolute atomic E-state index is 0.202. The van der Waals surface area contributed by atoms with E-state index in [0.717, 1.165) is 5.56 Å².